The fraction of sp³-hybridized carbons (Fsp3) is 0.462. The van der Waals surface area contributed by atoms with E-state index in [-0.39, 0.29) is 36.2 Å². The summed E-state index contributed by atoms with van der Waals surface area (Å²) in [6, 6.07) is 12.4. The number of nitrogens with zero attached hydrogens (tertiary/aromatic N) is 1. The Morgan fingerprint density at radius 1 is 1.12 bits per heavy atom. The topological polar surface area (TPSA) is 46.6 Å². The number of hydrogen-bond acceptors (Lipinski definition) is 4. The first-order valence-electron chi connectivity index (χ1n) is 11.3. The summed E-state index contributed by atoms with van der Waals surface area (Å²) in [5, 5.41) is 0.602. The molecule has 3 rings (SSSR count). The van der Waals surface area contributed by atoms with Crippen molar-refractivity contribution in [2.75, 3.05) is 13.7 Å². The summed E-state index contributed by atoms with van der Waals surface area (Å²) < 4.78 is 44.2. The van der Waals surface area contributed by atoms with Gasteiger partial charge in [0.2, 0.25) is 0 Å². The highest BCUT2D eigenvalue weighted by molar-refractivity contribution is 6.30. The molecular weight excluding hydrogens is 467 g/mol. The summed E-state index contributed by atoms with van der Waals surface area (Å²) in [5.74, 6) is -0.171. The van der Waals surface area contributed by atoms with Gasteiger partial charge in [-0.1, -0.05) is 35.9 Å². The second-order valence-corrected chi connectivity index (χ2v) is 9.29. The van der Waals surface area contributed by atoms with Crippen LogP contribution >= 0.6 is 11.6 Å². The molecular formula is C26H29ClF3NO3. The van der Waals surface area contributed by atoms with Crippen LogP contribution in [0, 0.1) is 5.92 Å². The summed E-state index contributed by atoms with van der Waals surface area (Å²) in [6.07, 6.45) is -1.84. The molecule has 1 saturated heterocycles. The molecule has 3 atom stereocenters. The monoisotopic (exact) mass is 495 g/mol. The number of ether oxygens (including phenoxy) is 1. The van der Waals surface area contributed by atoms with E-state index < -0.39 is 11.7 Å². The maximum Gasteiger partial charge on any atom is 0.416 e. The first-order valence-corrected chi connectivity index (χ1v) is 11.7. The lowest BCUT2D eigenvalue weighted by Crippen LogP contribution is -2.40. The van der Waals surface area contributed by atoms with E-state index in [0.717, 1.165) is 29.7 Å². The van der Waals surface area contributed by atoms with E-state index in [0.29, 0.717) is 30.8 Å². The number of benzene rings is 2. The van der Waals surface area contributed by atoms with Crippen molar-refractivity contribution in [3.63, 3.8) is 0 Å². The van der Waals surface area contributed by atoms with E-state index in [1.807, 2.05) is 12.1 Å². The minimum absolute atomic E-state index is 0.0506. The number of likely N-dealkylation sites (tertiary alicyclic amines) is 1. The number of piperidine rings is 1. The summed E-state index contributed by atoms with van der Waals surface area (Å²) in [5.41, 5.74) is 1.05. The van der Waals surface area contributed by atoms with Gasteiger partial charge >= 0.3 is 12.1 Å². The molecule has 4 nitrogen and oxygen atoms in total. The minimum atomic E-state index is -4.41. The van der Waals surface area contributed by atoms with Crippen LogP contribution in [0.1, 0.15) is 67.8 Å². The summed E-state index contributed by atoms with van der Waals surface area (Å²) in [7, 11) is 1.35. The van der Waals surface area contributed by atoms with Gasteiger partial charge < -0.3 is 9.53 Å². The van der Waals surface area contributed by atoms with Crippen LogP contribution < -0.4 is 0 Å². The SMILES string of the molecule is COC(=O)CC1CCN(C(CCC(C)=O)c2ccc(Cl)cc2)C(c2ccc(C(F)(F)F)cc2)C1. The second kappa shape index (κ2) is 11.4. The third-order valence-corrected chi connectivity index (χ3v) is 6.74. The number of halogens is 4. The lowest BCUT2D eigenvalue weighted by atomic mass is 9.82. The predicted octanol–water partition coefficient (Wildman–Crippen LogP) is 6.79. The second-order valence-electron chi connectivity index (χ2n) is 8.85. The number of rotatable bonds is 8. The van der Waals surface area contributed by atoms with Crippen molar-refractivity contribution in [3.05, 3.63) is 70.2 Å². The molecule has 0 aromatic heterocycles. The van der Waals surface area contributed by atoms with Crippen molar-refractivity contribution in [1.29, 1.82) is 0 Å². The van der Waals surface area contributed by atoms with Crippen LogP contribution in [0.15, 0.2) is 48.5 Å². The zero-order valence-corrected chi connectivity index (χ0v) is 20.0. The Kier molecular flexibility index (Phi) is 8.77. The van der Waals surface area contributed by atoms with Gasteiger partial charge in [0.15, 0.2) is 0 Å². The van der Waals surface area contributed by atoms with Crippen LogP contribution in [0.3, 0.4) is 0 Å². The molecule has 0 radical (unpaired) electrons. The molecule has 1 fully saturated rings. The Balaban J connectivity index is 1.97. The van der Waals surface area contributed by atoms with Crippen molar-refractivity contribution < 1.29 is 27.5 Å². The van der Waals surface area contributed by atoms with Gasteiger partial charge in [-0.2, -0.15) is 13.2 Å². The number of hydrogen-bond donors (Lipinski definition) is 0. The summed E-state index contributed by atoms with van der Waals surface area (Å²) in [4.78, 5) is 26.0. The van der Waals surface area contributed by atoms with Crippen LogP contribution in [0.2, 0.25) is 5.02 Å². The van der Waals surface area contributed by atoms with E-state index in [1.54, 1.807) is 19.1 Å². The third-order valence-electron chi connectivity index (χ3n) is 6.48. The van der Waals surface area contributed by atoms with Crippen molar-refractivity contribution in [2.45, 2.75) is 57.3 Å². The molecule has 34 heavy (non-hydrogen) atoms. The summed E-state index contributed by atoms with van der Waals surface area (Å²) in [6.45, 7) is 2.19. The summed E-state index contributed by atoms with van der Waals surface area (Å²) >= 11 is 6.08. The molecule has 0 N–H and O–H groups in total. The number of alkyl halides is 3. The minimum Gasteiger partial charge on any atom is -0.469 e. The lowest BCUT2D eigenvalue weighted by Gasteiger charge is -2.44. The van der Waals surface area contributed by atoms with Crippen LogP contribution in [-0.2, 0) is 20.5 Å². The van der Waals surface area contributed by atoms with Gasteiger partial charge in [-0.3, -0.25) is 9.69 Å². The zero-order chi connectivity index (χ0) is 24.9. The Hall–Kier alpha value is -2.38. The van der Waals surface area contributed by atoms with E-state index in [9.17, 15) is 22.8 Å². The van der Waals surface area contributed by atoms with Gasteiger partial charge in [0.05, 0.1) is 12.7 Å². The average Bonchev–Trinajstić information content (AvgIpc) is 2.80. The van der Waals surface area contributed by atoms with Crippen LogP contribution in [0.4, 0.5) is 13.2 Å². The molecule has 2 aromatic rings. The number of methoxy groups -OCH3 is 1. The van der Waals surface area contributed by atoms with Crippen LogP contribution in [-0.4, -0.2) is 30.3 Å². The third kappa shape index (κ3) is 6.83. The Bertz CT molecular complexity index is 976. The lowest BCUT2D eigenvalue weighted by molar-refractivity contribution is -0.142. The fourth-order valence-electron chi connectivity index (χ4n) is 4.70. The molecule has 0 saturated carbocycles. The maximum atomic E-state index is 13.1. The molecule has 0 amide bonds. The van der Waals surface area contributed by atoms with Gasteiger partial charge in [-0.15, -0.1) is 0 Å². The molecule has 0 bridgehead atoms. The number of esters is 1. The first kappa shape index (κ1) is 26.2. The van der Waals surface area contributed by atoms with Crippen LogP contribution in [0.5, 0.6) is 0 Å². The highest BCUT2D eigenvalue weighted by Gasteiger charge is 2.36. The molecule has 1 aliphatic rings. The molecule has 3 unspecified atom stereocenters. The van der Waals surface area contributed by atoms with Crippen molar-refractivity contribution in [2.24, 2.45) is 5.92 Å². The van der Waals surface area contributed by atoms with Crippen LogP contribution in [0.25, 0.3) is 0 Å². The number of Topliss-reactive ketones (excluding diaryl/α,β-unsaturated/α-hetero) is 1. The average molecular weight is 496 g/mol. The highest BCUT2D eigenvalue weighted by atomic mass is 35.5. The van der Waals surface area contributed by atoms with Gasteiger partial charge in [0, 0.05) is 29.9 Å². The molecule has 1 heterocycles. The quantitative estimate of drug-likeness (QED) is 0.378. The van der Waals surface area contributed by atoms with Crippen molar-refractivity contribution in [1.82, 2.24) is 4.90 Å². The van der Waals surface area contributed by atoms with Gasteiger partial charge in [-0.05, 0) is 74.0 Å². The Morgan fingerprint density at radius 2 is 1.76 bits per heavy atom. The molecule has 0 aliphatic carbocycles. The maximum absolute atomic E-state index is 13.1. The normalized spacial score (nSPS) is 20.1. The first-order chi connectivity index (χ1) is 16.1. The number of carbonyl (C=O) groups is 2. The molecule has 8 heteroatoms. The van der Waals surface area contributed by atoms with Crippen molar-refractivity contribution in [3.8, 4) is 0 Å². The standard InChI is InChI=1S/C26H29ClF3NO3/c1-17(32)3-12-23(19-6-10-22(27)11-7-19)31-14-13-18(16-25(33)34-2)15-24(31)20-4-8-21(9-5-20)26(28,29)30/h4-11,18,23-24H,3,12-16H2,1-2H3. The predicted molar refractivity (Wildman–Crippen MR) is 124 cm³/mol. The number of ketones is 1. The Morgan fingerprint density at radius 3 is 2.32 bits per heavy atom. The van der Waals surface area contributed by atoms with Crippen molar-refractivity contribution >= 4 is 23.4 Å². The smallest absolute Gasteiger partial charge is 0.416 e. The fourth-order valence-corrected chi connectivity index (χ4v) is 4.83. The van der Waals surface area contributed by atoms with E-state index in [4.69, 9.17) is 16.3 Å². The number of carbonyl (C=O) groups excluding carboxylic acids is 2. The van der Waals surface area contributed by atoms with Gasteiger partial charge in [0.1, 0.15) is 5.78 Å². The Labute approximate surface area is 203 Å². The largest absolute Gasteiger partial charge is 0.469 e. The molecule has 2 aromatic carbocycles. The van der Waals surface area contributed by atoms with Gasteiger partial charge in [-0.25, -0.2) is 0 Å². The van der Waals surface area contributed by atoms with Gasteiger partial charge in [0.25, 0.3) is 0 Å². The zero-order valence-electron chi connectivity index (χ0n) is 19.3. The molecule has 184 valence electrons. The molecule has 0 spiro atoms. The van der Waals surface area contributed by atoms with E-state index in [1.165, 1.54) is 19.2 Å². The molecule has 1 aliphatic heterocycles. The highest BCUT2D eigenvalue weighted by Crippen LogP contribution is 2.43. The van der Waals surface area contributed by atoms with E-state index >= 15 is 0 Å². The van der Waals surface area contributed by atoms with E-state index in [2.05, 4.69) is 4.90 Å².